The summed E-state index contributed by atoms with van der Waals surface area (Å²) in [4.78, 5) is 13.3. The minimum absolute atomic E-state index is 0.235. The normalized spacial score (nSPS) is 18.2. The van der Waals surface area contributed by atoms with Crippen LogP contribution in [-0.4, -0.2) is 30.6 Å². The van der Waals surface area contributed by atoms with Gasteiger partial charge < -0.3 is 11.1 Å². The Kier molecular flexibility index (Phi) is 4.59. The molecule has 2 amide bonds. The number of hydrogen-bond donors (Lipinski definition) is 2. The number of nitrogens with zero attached hydrogens (tertiary/aromatic N) is 1. The third-order valence-electron chi connectivity index (χ3n) is 3.49. The number of piperidine rings is 1. The summed E-state index contributed by atoms with van der Waals surface area (Å²) >= 11 is 0. The summed E-state index contributed by atoms with van der Waals surface area (Å²) < 4.78 is 0. The summed E-state index contributed by atoms with van der Waals surface area (Å²) in [6.45, 7) is 2.78. The van der Waals surface area contributed by atoms with Crippen LogP contribution in [0.3, 0.4) is 0 Å². The maximum Gasteiger partial charge on any atom is 0.312 e. The fourth-order valence-corrected chi connectivity index (χ4v) is 2.56. The van der Waals surface area contributed by atoms with E-state index >= 15 is 0 Å². The molecule has 1 unspecified atom stereocenters. The van der Waals surface area contributed by atoms with Crippen LogP contribution in [0.2, 0.25) is 0 Å². The lowest BCUT2D eigenvalue weighted by molar-refractivity contribution is 0.161. The van der Waals surface area contributed by atoms with Gasteiger partial charge >= 0.3 is 6.03 Å². The molecule has 0 saturated carbocycles. The lowest BCUT2D eigenvalue weighted by Crippen LogP contribution is -2.42. The zero-order valence-corrected chi connectivity index (χ0v) is 10.6. The van der Waals surface area contributed by atoms with E-state index in [9.17, 15) is 4.79 Å². The molecule has 4 nitrogen and oxygen atoms in total. The van der Waals surface area contributed by atoms with E-state index in [0.717, 1.165) is 13.1 Å². The maximum atomic E-state index is 10.9. The van der Waals surface area contributed by atoms with Crippen LogP contribution in [0.15, 0.2) is 30.3 Å². The van der Waals surface area contributed by atoms with Crippen LogP contribution in [0.5, 0.6) is 0 Å². The quantitative estimate of drug-likeness (QED) is 0.853. The number of hydrogen-bond acceptors (Lipinski definition) is 2. The van der Waals surface area contributed by atoms with Crippen molar-refractivity contribution in [3.63, 3.8) is 0 Å². The molecule has 3 N–H and O–H groups in total. The largest absolute Gasteiger partial charge is 0.352 e. The number of benzene rings is 1. The van der Waals surface area contributed by atoms with Gasteiger partial charge in [-0.15, -0.1) is 0 Å². The summed E-state index contributed by atoms with van der Waals surface area (Å²) in [6, 6.07) is 10.1. The van der Waals surface area contributed by atoms with E-state index < -0.39 is 6.03 Å². The average Bonchev–Trinajstić information content (AvgIpc) is 2.41. The van der Waals surface area contributed by atoms with Crippen molar-refractivity contribution in [3.05, 3.63) is 35.9 Å². The van der Waals surface area contributed by atoms with E-state index in [-0.39, 0.29) is 6.04 Å². The second kappa shape index (κ2) is 6.40. The molecular weight excluding hydrogens is 226 g/mol. The van der Waals surface area contributed by atoms with Gasteiger partial charge in [-0.25, -0.2) is 4.79 Å². The van der Waals surface area contributed by atoms with Crippen molar-refractivity contribution < 1.29 is 4.79 Å². The molecule has 4 heteroatoms. The van der Waals surface area contributed by atoms with Gasteiger partial charge in [0.05, 0.1) is 6.04 Å². The van der Waals surface area contributed by atoms with Crippen LogP contribution < -0.4 is 11.1 Å². The Morgan fingerprint density at radius 2 is 1.89 bits per heavy atom. The molecule has 1 atom stereocenters. The first-order valence-corrected chi connectivity index (χ1v) is 6.59. The third kappa shape index (κ3) is 3.47. The number of primary amides is 1. The van der Waals surface area contributed by atoms with E-state index in [1.165, 1.54) is 24.8 Å². The summed E-state index contributed by atoms with van der Waals surface area (Å²) in [5.41, 5.74) is 6.42. The van der Waals surface area contributed by atoms with E-state index in [1.807, 2.05) is 18.2 Å². The first-order chi connectivity index (χ1) is 8.77. The molecule has 1 aromatic carbocycles. The number of carbonyl (C=O) groups is 1. The molecular formula is C14H21N3O. The SMILES string of the molecule is NC(=O)NCC(c1ccccc1)N1CCCCC1. The first-order valence-electron chi connectivity index (χ1n) is 6.59. The second-order valence-corrected chi connectivity index (χ2v) is 4.77. The standard InChI is InChI=1S/C14H21N3O/c15-14(18)16-11-13(12-7-3-1-4-8-12)17-9-5-2-6-10-17/h1,3-4,7-8,13H,2,5-6,9-11H2,(H3,15,16,18). The van der Waals surface area contributed by atoms with Crippen molar-refractivity contribution in [1.29, 1.82) is 0 Å². The highest BCUT2D eigenvalue weighted by atomic mass is 16.2. The van der Waals surface area contributed by atoms with Crippen LogP contribution in [-0.2, 0) is 0 Å². The van der Waals surface area contributed by atoms with Gasteiger partial charge in [0.1, 0.15) is 0 Å². The fourth-order valence-electron chi connectivity index (χ4n) is 2.56. The predicted molar refractivity (Wildman–Crippen MR) is 72.2 cm³/mol. The monoisotopic (exact) mass is 247 g/mol. The molecule has 1 saturated heterocycles. The summed E-state index contributed by atoms with van der Waals surface area (Å²) in [5.74, 6) is 0. The Morgan fingerprint density at radius 1 is 1.22 bits per heavy atom. The smallest absolute Gasteiger partial charge is 0.312 e. The van der Waals surface area contributed by atoms with Crippen LogP contribution in [0.4, 0.5) is 4.79 Å². The Bertz CT molecular complexity index is 374. The minimum atomic E-state index is -0.451. The Hall–Kier alpha value is -1.55. The number of rotatable bonds is 4. The van der Waals surface area contributed by atoms with Gasteiger partial charge in [-0.3, -0.25) is 4.90 Å². The highest BCUT2D eigenvalue weighted by molar-refractivity contribution is 5.71. The van der Waals surface area contributed by atoms with Crippen LogP contribution in [0, 0.1) is 0 Å². The molecule has 18 heavy (non-hydrogen) atoms. The van der Waals surface area contributed by atoms with Gasteiger partial charge in [0.25, 0.3) is 0 Å². The van der Waals surface area contributed by atoms with Crippen molar-refractivity contribution in [3.8, 4) is 0 Å². The molecule has 1 aliphatic rings. The van der Waals surface area contributed by atoms with Gasteiger partial charge in [-0.1, -0.05) is 36.8 Å². The first kappa shape index (κ1) is 12.9. The van der Waals surface area contributed by atoms with Gasteiger partial charge in [0, 0.05) is 6.54 Å². The van der Waals surface area contributed by atoms with Crippen molar-refractivity contribution in [2.24, 2.45) is 5.73 Å². The summed E-state index contributed by atoms with van der Waals surface area (Å²) in [5, 5.41) is 2.74. The van der Waals surface area contributed by atoms with Crippen molar-refractivity contribution in [1.82, 2.24) is 10.2 Å². The number of nitrogens with one attached hydrogen (secondary N) is 1. The summed E-state index contributed by atoms with van der Waals surface area (Å²) in [7, 11) is 0. The topological polar surface area (TPSA) is 58.4 Å². The highest BCUT2D eigenvalue weighted by Crippen LogP contribution is 2.23. The lowest BCUT2D eigenvalue weighted by atomic mass is 10.0. The van der Waals surface area contributed by atoms with E-state index in [0.29, 0.717) is 6.54 Å². The fraction of sp³-hybridized carbons (Fsp3) is 0.500. The van der Waals surface area contributed by atoms with E-state index in [2.05, 4.69) is 22.3 Å². The molecule has 1 aliphatic heterocycles. The zero-order valence-electron chi connectivity index (χ0n) is 10.6. The molecule has 0 bridgehead atoms. The lowest BCUT2D eigenvalue weighted by Gasteiger charge is -2.34. The number of nitrogens with two attached hydrogens (primary N) is 1. The Balaban J connectivity index is 2.08. The van der Waals surface area contributed by atoms with Crippen molar-refractivity contribution >= 4 is 6.03 Å². The predicted octanol–water partition coefficient (Wildman–Crippen LogP) is 1.88. The van der Waals surface area contributed by atoms with Gasteiger partial charge in [0.15, 0.2) is 0 Å². The van der Waals surface area contributed by atoms with Gasteiger partial charge in [0.2, 0.25) is 0 Å². The average molecular weight is 247 g/mol. The zero-order chi connectivity index (χ0) is 12.8. The van der Waals surface area contributed by atoms with Crippen LogP contribution in [0.1, 0.15) is 30.9 Å². The number of amides is 2. The molecule has 0 spiro atoms. The number of carbonyl (C=O) groups excluding carboxylic acids is 1. The molecule has 0 aromatic heterocycles. The van der Waals surface area contributed by atoms with Gasteiger partial charge in [-0.05, 0) is 31.5 Å². The molecule has 0 aliphatic carbocycles. The number of likely N-dealkylation sites (tertiary alicyclic amines) is 1. The van der Waals surface area contributed by atoms with E-state index in [1.54, 1.807) is 0 Å². The molecule has 1 aromatic rings. The van der Waals surface area contributed by atoms with Gasteiger partial charge in [-0.2, -0.15) is 0 Å². The van der Waals surface area contributed by atoms with E-state index in [4.69, 9.17) is 5.73 Å². The molecule has 2 rings (SSSR count). The number of urea groups is 1. The van der Waals surface area contributed by atoms with Crippen LogP contribution >= 0.6 is 0 Å². The van der Waals surface area contributed by atoms with Crippen molar-refractivity contribution in [2.45, 2.75) is 25.3 Å². The Labute approximate surface area is 108 Å². The minimum Gasteiger partial charge on any atom is -0.352 e. The highest BCUT2D eigenvalue weighted by Gasteiger charge is 2.22. The van der Waals surface area contributed by atoms with Crippen LogP contribution in [0.25, 0.3) is 0 Å². The van der Waals surface area contributed by atoms with Crippen molar-refractivity contribution in [2.75, 3.05) is 19.6 Å². The third-order valence-corrected chi connectivity index (χ3v) is 3.49. The Morgan fingerprint density at radius 3 is 2.50 bits per heavy atom. The molecule has 1 heterocycles. The molecule has 98 valence electrons. The maximum absolute atomic E-state index is 10.9. The molecule has 0 radical (unpaired) electrons. The molecule has 1 fully saturated rings. The second-order valence-electron chi connectivity index (χ2n) is 4.77. The summed E-state index contributed by atoms with van der Waals surface area (Å²) in [6.07, 6.45) is 3.78.